The maximum atomic E-state index is 12.7. The molecule has 0 aromatic heterocycles. The zero-order valence-electron chi connectivity index (χ0n) is 33.8. The maximum absolute atomic E-state index is 12.7. The van der Waals surface area contributed by atoms with Gasteiger partial charge in [0.05, 0.1) is 13.2 Å². The fourth-order valence-corrected chi connectivity index (χ4v) is 6.01. The van der Waals surface area contributed by atoms with Gasteiger partial charge in [-0.3, -0.25) is 14.4 Å². The Kier molecular flexibility index (Phi) is 36.6. The second kappa shape index (κ2) is 38.8. The summed E-state index contributed by atoms with van der Waals surface area (Å²) in [4.78, 5) is 47.4. The van der Waals surface area contributed by atoms with Crippen LogP contribution < -0.4 is 10.6 Å². The number of hydrogen-bond donors (Lipinski definition) is 4. The lowest BCUT2D eigenvalue weighted by molar-refractivity contribution is -0.147. The van der Waals surface area contributed by atoms with Crippen LogP contribution in [-0.2, 0) is 23.9 Å². The van der Waals surface area contributed by atoms with Crippen LogP contribution in [-0.4, -0.2) is 59.3 Å². The van der Waals surface area contributed by atoms with Gasteiger partial charge in [-0.25, -0.2) is 4.79 Å². The summed E-state index contributed by atoms with van der Waals surface area (Å²) >= 11 is 0. The monoisotopic (exact) mass is 747 g/mol. The molecule has 4 N–H and O–H groups in total. The van der Waals surface area contributed by atoms with Crippen molar-refractivity contribution in [1.82, 2.24) is 10.6 Å². The summed E-state index contributed by atoms with van der Waals surface area (Å²) in [6.45, 7) is 3.45. The van der Waals surface area contributed by atoms with E-state index in [0.717, 1.165) is 77.0 Å². The predicted molar refractivity (Wildman–Crippen MR) is 218 cm³/mol. The number of carbonyl (C=O) groups excluding carboxylic acids is 3. The highest BCUT2D eigenvalue weighted by atomic mass is 16.5. The highest BCUT2D eigenvalue weighted by Crippen LogP contribution is 2.16. The molecular weight excluding hydrogens is 668 g/mol. The van der Waals surface area contributed by atoms with E-state index in [1.165, 1.54) is 83.5 Å². The van der Waals surface area contributed by atoms with Crippen LogP contribution in [0.5, 0.6) is 0 Å². The molecule has 0 saturated heterocycles. The predicted octanol–water partition coefficient (Wildman–Crippen LogP) is 10.2. The van der Waals surface area contributed by atoms with Crippen LogP contribution in [0.2, 0.25) is 0 Å². The number of rotatable bonds is 38. The lowest BCUT2D eigenvalue weighted by atomic mass is 10.0. The molecule has 0 rings (SSSR count). The molecule has 0 spiro atoms. The molecule has 0 fully saturated rings. The summed E-state index contributed by atoms with van der Waals surface area (Å²) < 4.78 is 5.93. The summed E-state index contributed by atoms with van der Waals surface area (Å²) in [5, 5.41) is 22.5. The average Bonchev–Trinajstić information content (AvgIpc) is 3.14. The molecule has 2 atom stereocenters. The van der Waals surface area contributed by atoms with Crippen molar-refractivity contribution in [2.75, 3.05) is 13.2 Å². The van der Waals surface area contributed by atoms with Crippen LogP contribution in [0.3, 0.4) is 0 Å². The minimum absolute atomic E-state index is 0.0913. The molecule has 2 unspecified atom stereocenters. The normalized spacial score (nSPS) is 12.8. The number of carbonyl (C=O) groups is 4. The molecular formula is C44H78N2O7. The van der Waals surface area contributed by atoms with Gasteiger partial charge in [-0.2, -0.15) is 0 Å². The number of unbranched alkanes of at least 4 members (excludes halogenated alkanes) is 20. The highest BCUT2D eigenvalue weighted by Gasteiger charge is 2.18. The lowest BCUT2D eigenvalue weighted by Gasteiger charge is -2.15. The molecule has 0 aromatic rings. The van der Waals surface area contributed by atoms with Crippen molar-refractivity contribution in [2.24, 2.45) is 0 Å². The van der Waals surface area contributed by atoms with Gasteiger partial charge in [-0.1, -0.05) is 141 Å². The van der Waals surface area contributed by atoms with Crippen molar-refractivity contribution in [3.05, 3.63) is 36.5 Å². The summed E-state index contributed by atoms with van der Waals surface area (Å²) in [5.74, 6) is -2.34. The molecule has 9 nitrogen and oxygen atoms in total. The van der Waals surface area contributed by atoms with Gasteiger partial charge in [0.15, 0.2) is 0 Å². The highest BCUT2D eigenvalue weighted by molar-refractivity contribution is 5.87. The summed E-state index contributed by atoms with van der Waals surface area (Å²) in [7, 11) is 0. The third kappa shape index (κ3) is 35.8. The number of aliphatic hydroxyl groups excluding tert-OH is 1. The van der Waals surface area contributed by atoms with Crippen molar-refractivity contribution in [3.63, 3.8) is 0 Å². The van der Waals surface area contributed by atoms with Gasteiger partial charge < -0.3 is 25.6 Å². The molecule has 0 saturated carbocycles. The summed E-state index contributed by atoms with van der Waals surface area (Å²) in [6, 6.07) is -1.38. The Morgan fingerprint density at radius 2 is 1.08 bits per heavy atom. The van der Waals surface area contributed by atoms with Crippen molar-refractivity contribution in [1.29, 1.82) is 0 Å². The fourth-order valence-electron chi connectivity index (χ4n) is 6.01. The molecule has 0 heterocycles. The molecule has 2 amide bonds. The first-order valence-electron chi connectivity index (χ1n) is 21.4. The number of allylic oxidation sites excluding steroid dienone is 5. The van der Waals surface area contributed by atoms with E-state index in [0.29, 0.717) is 19.3 Å². The molecule has 0 aromatic carbocycles. The zero-order chi connectivity index (χ0) is 39.0. The first-order chi connectivity index (χ1) is 25.8. The largest absolute Gasteiger partial charge is 0.480 e. The van der Waals surface area contributed by atoms with Crippen LogP contribution in [0, 0.1) is 0 Å². The van der Waals surface area contributed by atoms with Gasteiger partial charge in [0, 0.05) is 12.8 Å². The second-order valence-electron chi connectivity index (χ2n) is 14.4. The Hall–Kier alpha value is -2.94. The van der Waals surface area contributed by atoms with E-state index in [1.54, 1.807) is 0 Å². The van der Waals surface area contributed by atoms with E-state index in [-0.39, 0.29) is 24.5 Å². The topological polar surface area (TPSA) is 142 Å². The van der Waals surface area contributed by atoms with Crippen LogP contribution >= 0.6 is 0 Å². The third-order valence-corrected chi connectivity index (χ3v) is 9.34. The van der Waals surface area contributed by atoms with Gasteiger partial charge >= 0.3 is 11.9 Å². The average molecular weight is 747 g/mol. The van der Waals surface area contributed by atoms with Crippen molar-refractivity contribution in [2.45, 2.75) is 206 Å². The molecule has 9 heteroatoms. The van der Waals surface area contributed by atoms with Gasteiger partial charge in [0.1, 0.15) is 12.1 Å². The molecule has 0 radical (unpaired) electrons. The number of ether oxygens (including phenoxy) is 1. The quantitative estimate of drug-likeness (QED) is 0.0280. The molecule has 306 valence electrons. The molecule has 0 aliphatic rings. The van der Waals surface area contributed by atoms with Crippen LogP contribution in [0.4, 0.5) is 0 Å². The van der Waals surface area contributed by atoms with E-state index in [4.69, 9.17) is 14.9 Å². The number of carboxylic acids is 1. The number of esters is 1. The summed E-state index contributed by atoms with van der Waals surface area (Å²) in [5.41, 5.74) is 0. The molecule has 0 aliphatic carbocycles. The third-order valence-electron chi connectivity index (χ3n) is 9.34. The van der Waals surface area contributed by atoms with Crippen LogP contribution in [0.15, 0.2) is 36.5 Å². The smallest absolute Gasteiger partial charge is 0.328 e. The van der Waals surface area contributed by atoms with E-state index in [9.17, 15) is 19.2 Å². The molecule has 0 aliphatic heterocycles. The van der Waals surface area contributed by atoms with Crippen LogP contribution in [0.25, 0.3) is 0 Å². The van der Waals surface area contributed by atoms with Gasteiger partial charge in [0.25, 0.3) is 0 Å². The Labute approximate surface area is 323 Å². The standard InChI is InChI=1S/C44H78N2O7/c1-3-5-7-9-11-13-14-15-16-17-18-19-20-22-28-32-36-43(50)53-39(33-29-25-21-12-10-8-6-4-2)34-30-26-23-24-27-31-35-41(48)45-37-42(49)46-40(38-47)44(51)52/h13-14,16-17,29,33,39-40,47H,3-12,15,18-28,30-32,34-38H2,1-2H3,(H,45,48)(H,46,49)(H,51,52)/b14-13-,17-16-,33-29-. The fraction of sp³-hybridized carbons (Fsp3) is 0.773. The Balaban J connectivity index is 4.25. The van der Waals surface area contributed by atoms with E-state index >= 15 is 0 Å². The summed E-state index contributed by atoms with van der Waals surface area (Å²) in [6.07, 6.45) is 43.3. The SMILES string of the molecule is CCCCCC/C=C\C/C=C\CCCCCCCC(=O)OC(/C=C\CCCCCCCC)CCCCCCCCC(=O)NCC(=O)NC(CO)C(=O)O. The van der Waals surface area contributed by atoms with Crippen LogP contribution in [0.1, 0.15) is 194 Å². The first kappa shape index (κ1) is 50.1. The van der Waals surface area contributed by atoms with Crippen molar-refractivity contribution < 1.29 is 34.1 Å². The number of nitrogens with one attached hydrogen (secondary N) is 2. The van der Waals surface area contributed by atoms with Gasteiger partial charge in [0.2, 0.25) is 11.8 Å². The number of aliphatic hydroxyl groups is 1. The second-order valence-corrected chi connectivity index (χ2v) is 14.4. The number of carboxylic acid groups (broad SMARTS) is 1. The van der Waals surface area contributed by atoms with Crippen molar-refractivity contribution >= 4 is 23.8 Å². The number of amides is 2. The Morgan fingerprint density at radius 1 is 0.585 bits per heavy atom. The molecule has 53 heavy (non-hydrogen) atoms. The van der Waals surface area contributed by atoms with Gasteiger partial charge in [-0.15, -0.1) is 0 Å². The van der Waals surface area contributed by atoms with E-state index < -0.39 is 24.5 Å². The minimum Gasteiger partial charge on any atom is -0.480 e. The minimum atomic E-state index is -1.38. The lowest BCUT2D eigenvalue weighted by Crippen LogP contribution is -2.47. The molecule has 0 bridgehead atoms. The zero-order valence-corrected chi connectivity index (χ0v) is 33.8. The maximum Gasteiger partial charge on any atom is 0.328 e. The number of aliphatic carboxylic acids is 1. The Bertz CT molecular complexity index is 994. The van der Waals surface area contributed by atoms with E-state index in [1.807, 2.05) is 0 Å². The van der Waals surface area contributed by atoms with Gasteiger partial charge in [-0.05, 0) is 76.7 Å². The van der Waals surface area contributed by atoms with E-state index in [2.05, 4.69) is 60.9 Å². The Morgan fingerprint density at radius 3 is 1.64 bits per heavy atom. The number of hydrogen-bond acceptors (Lipinski definition) is 6. The van der Waals surface area contributed by atoms with Crippen molar-refractivity contribution in [3.8, 4) is 0 Å². The first-order valence-corrected chi connectivity index (χ1v) is 21.4.